The lowest BCUT2D eigenvalue weighted by Gasteiger charge is -2.29. The molecule has 3 N–H and O–H groups in total. The molecule has 1 aromatic heterocycles. The number of hydrogen-bond acceptors (Lipinski definition) is 5. The molecule has 0 bridgehead atoms. The van der Waals surface area contributed by atoms with Gasteiger partial charge in [0.2, 0.25) is 0 Å². The van der Waals surface area contributed by atoms with E-state index in [9.17, 15) is 5.11 Å². The Labute approximate surface area is 113 Å². The van der Waals surface area contributed by atoms with Crippen molar-refractivity contribution in [2.24, 2.45) is 0 Å². The van der Waals surface area contributed by atoms with E-state index >= 15 is 0 Å². The van der Waals surface area contributed by atoms with Crippen LogP contribution >= 0.6 is 0 Å². The zero-order chi connectivity index (χ0) is 14.0. The van der Waals surface area contributed by atoms with E-state index in [1.807, 2.05) is 30.0 Å². The molecule has 0 atom stereocenters. The number of likely N-dealkylation sites (N-methyl/N-ethyl adjacent to an activating group) is 1. The highest BCUT2D eigenvalue weighted by Crippen LogP contribution is 2.25. The van der Waals surface area contributed by atoms with Gasteiger partial charge in [0, 0.05) is 24.2 Å². The average molecular weight is 260 g/mol. The van der Waals surface area contributed by atoms with Crippen LogP contribution in [0.15, 0.2) is 24.5 Å². The summed E-state index contributed by atoms with van der Waals surface area (Å²) in [5.74, 6) is 0.828. The number of aromatic nitrogens is 2. The molecular formula is C14H20N4O. The van der Waals surface area contributed by atoms with Crippen molar-refractivity contribution in [1.29, 1.82) is 0 Å². The summed E-state index contributed by atoms with van der Waals surface area (Å²) in [7, 11) is 0. The monoisotopic (exact) mass is 260 g/mol. The van der Waals surface area contributed by atoms with E-state index in [1.165, 1.54) is 6.33 Å². The molecule has 0 unspecified atom stereocenters. The Bertz CT molecular complexity index is 577. The Morgan fingerprint density at radius 1 is 1.32 bits per heavy atom. The van der Waals surface area contributed by atoms with Crippen molar-refractivity contribution < 1.29 is 5.11 Å². The third-order valence-electron chi connectivity index (χ3n) is 2.90. The Balaban J connectivity index is 2.48. The molecule has 0 amide bonds. The van der Waals surface area contributed by atoms with Gasteiger partial charge in [-0.2, -0.15) is 0 Å². The van der Waals surface area contributed by atoms with Crippen LogP contribution in [0.5, 0.6) is 0 Å². The zero-order valence-corrected chi connectivity index (χ0v) is 11.6. The Morgan fingerprint density at radius 2 is 2.05 bits per heavy atom. The predicted molar refractivity (Wildman–Crippen MR) is 78.1 cm³/mol. The average Bonchev–Trinajstić information content (AvgIpc) is 2.34. The molecule has 19 heavy (non-hydrogen) atoms. The second kappa shape index (κ2) is 5.01. The van der Waals surface area contributed by atoms with Crippen molar-refractivity contribution in [2.75, 3.05) is 23.7 Å². The van der Waals surface area contributed by atoms with E-state index < -0.39 is 5.60 Å². The smallest absolute Gasteiger partial charge is 0.139 e. The molecule has 0 spiro atoms. The normalized spacial score (nSPS) is 11.8. The number of nitrogens with two attached hydrogens (primary N) is 1. The first-order valence-electron chi connectivity index (χ1n) is 6.38. The molecule has 0 saturated carbocycles. The van der Waals surface area contributed by atoms with E-state index in [-0.39, 0.29) is 0 Å². The maximum absolute atomic E-state index is 9.99. The predicted octanol–water partition coefficient (Wildman–Crippen LogP) is 1.81. The van der Waals surface area contributed by atoms with Crippen molar-refractivity contribution in [3.05, 3.63) is 24.5 Å². The van der Waals surface area contributed by atoms with Crippen molar-refractivity contribution in [2.45, 2.75) is 26.4 Å². The Kier molecular flexibility index (Phi) is 3.57. The summed E-state index contributed by atoms with van der Waals surface area (Å²) in [6.07, 6.45) is 1.53. The fourth-order valence-electron chi connectivity index (χ4n) is 2.12. The maximum atomic E-state index is 9.99. The standard InChI is InChI=1S/C14H20N4O/c1-4-18(8-14(2,3)19)13-11-6-5-10(15)7-12(11)16-9-17-13/h5-7,9,19H,4,8,15H2,1-3H3. The van der Waals surface area contributed by atoms with Crippen LogP contribution < -0.4 is 10.6 Å². The highest BCUT2D eigenvalue weighted by molar-refractivity contribution is 5.91. The number of nitrogens with zero attached hydrogens (tertiary/aromatic N) is 3. The van der Waals surface area contributed by atoms with E-state index in [0.29, 0.717) is 12.2 Å². The maximum Gasteiger partial charge on any atom is 0.139 e. The summed E-state index contributed by atoms with van der Waals surface area (Å²) in [5, 5.41) is 10.9. The number of benzene rings is 1. The van der Waals surface area contributed by atoms with Gasteiger partial charge in [-0.3, -0.25) is 0 Å². The molecule has 0 saturated heterocycles. The van der Waals surface area contributed by atoms with Crippen molar-refractivity contribution >= 4 is 22.4 Å². The van der Waals surface area contributed by atoms with Crippen LogP contribution in [0.2, 0.25) is 0 Å². The van der Waals surface area contributed by atoms with Gasteiger partial charge in [0.05, 0.1) is 11.1 Å². The van der Waals surface area contributed by atoms with Gasteiger partial charge in [-0.25, -0.2) is 9.97 Å². The minimum absolute atomic E-state index is 0.514. The van der Waals surface area contributed by atoms with Crippen LogP contribution in [0.4, 0.5) is 11.5 Å². The first kappa shape index (κ1) is 13.5. The van der Waals surface area contributed by atoms with Crippen LogP contribution in [0.3, 0.4) is 0 Å². The molecule has 0 aliphatic rings. The van der Waals surface area contributed by atoms with Crippen LogP contribution in [-0.2, 0) is 0 Å². The van der Waals surface area contributed by atoms with E-state index in [2.05, 4.69) is 9.97 Å². The fraction of sp³-hybridized carbons (Fsp3) is 0.429. The van der Waals surface area contributed by atoms with E-state index in [1.54, 1.807) is 13.8 Å². The van der Waals surface area contributed by atoms with E-state index in [4.69, 9.17) is 5.73 Å². The lowest BCUT2D eigenvalue weighted by Crippen LogP contribution is -2.39. The van der Waals surface area contributed by atoms with Gasteiger partial charge in [-0.05, 0) is 39.0 Å². The number of hydrogen-bond donors (Lipinski definition) is 2. The van der Waals surface area contributed by atoms with Gasteiger partial charge in [-0.15, -0.1) is 0 Å². The second-order valence-electron chi connectivity index (χ2n) is 5.30. The molecule has 0 fully saturated rings. The zero-order valence-electron chi connectivity index (χ0n) is 11.6. The van der Waals surface area contributed by atoms with Gasteiger partial charge in [0.25, 0.3) is 0 Å². The Hall–Kier alpha value is -1.88. The largest absolute Gasteiger partial charge is 0.399 e. The summed E-state index contributed by atoms with van der Waals surface area (Å²) in [6, 6.07) is 5.60. The molecule has 5 nitrogen and oxygen atoms in total. The molecular weight excluding hydrogens is 240 g/mol. The van der Waals surface area contributed by atoms with Gasteiger partial charge < -0.3 is 15.7 Å². The lowest BCUT2D eigenvalue weighted by molar-refractivity contribution is 0.0875. The molecule has 0 radical (unpaired) electrons. The second-order valence-corrected chi connectivity index (χ2v) is 5.30. The third kappa shape index (κ3) is 3.12. The molecule has 2 aromatic rings. The summed E-state index contributed by atoms with van der Waals surface area (Å²) < 4.78 is 0. The minimum atomic E-state index is -0.777. The molecule has 1 heterocycles. The minimum Gasteiger partial charge on any atom is -0.399 e. The van der Waals surface area contributed by atoms with Gasteiger partial charge in [0.15, 0.2) is 0 Å². The fourth-order valence-corrected chi connectivity index (χ4v) is 2.12. The lowest BCUT2D eigenvalue weighted by atomic mass is 10.1. The number of rotatable bonds is 4. The number of aliphatic hydroxyl groups is 1. The van der Waals surface area contributed by atoms with Crippen molar-refractivity contribution in [1.82, 2.24) is 9.97 Å². The molecule has 102 valence electrons. The van der Waals surface area contributed by atoms with Crippen LogP contribution in [0, 0.1) is 0 Å². The highest BCUT2D eigenvalue weighted by atomic mass is 16.3. The van der Waals surface area contributed by atoms with Crippen LogP contribution in [0.1, 0.15) is 20.8 Å². The van der Waals surface area contributed by atoms with Gasteiger partial charge in [-0.1, -0.05) is 0 Å². The number of nitrogen functional groups attached to an aromatic ring is 1. The number of anilines is 2. The molecule has 5 heteroatoms. The first-order valence-corrected chi connectivity index (χ1v) is 6.38. The quantitative estimate of drug-likeness (QED) is 0.820. The molecule has 1 aromatic carbocycles. The molecule has 0 aliphatic carbocycles. The molecule has 2 rings (SSSR count). The van der Waals surface area contributed by atoms with Crippen LogP contribution in [0.25, 0.3) is 10.9 Å². The van der Waals surface area contributed by atoms with Crippen molar-refractivity contribution in [3.8, 4) is 0 Å². The molecule has 0 aliphatic heterocycles. The first-order chi connectivity index (χ1) is 8.90. The Morgan fingerprint density at radius 3 is 2.68 bits per heavy atom. The summed E-state index contributed by atoms with van der Waals surface area (Å²) in [6.45, 7) is 6.89. The van der Waals surface area contributed by atoms with Gasteiger partial charge in [0.1, 0.15) is 12.1 Å². The highest BCUT2D eigenvalue weighted by Gasteiger charge is 2.20. The topological polar surface area (TPSA) is 75.3 Å². The van der Waals surface area contributed by atoms with Gasteiger partial charge >= 0.3 is 0 Å². The summed E-state index contributed by atoms with van der Waals surface area (Å²) >= 11 is 0. The van der Waals surface area contributed by atoms with Crippen molar-refractivity contribution in [3.63, 3.8) is 0 Å². The SMILES string of the molecule is CCN(CC(C)(C)O)c1ncnc2cc(N)ccc12. The third-order valence-corrected chi connectivity index (χ3v) is 2.90. The number of fused-ring (bicyclic) bond motifs is 1. The van der Waals surface area contributed by atoms with Crippen LogP contribution in [-0.4, -0.2) is 33.8 Å². The summed E-state index contributed by atoms with van der Waals surface area (Å²) in [5.41, 5.74) is 6.50. The summed E-state index contributed by atoms with van der Waals surface area (Å²) in [4.78, 5) is 10.6. The van der Waals surface area contributed by atoms with E-state index in [0.717, 1.165) is 23.3 Å².